The van der Waals surface area contributed by atoms with Crippen molar-refractivity contribution in [2.24, 2.45) is 5.41 Å². The Morgan fingerprint density at radius 2 is 1.56 bits per heavy atom. The van der Waals surface area contributed by atoms with Crippen molar-refractivity contribution >= 4 is 13.9 Å². The molecule has 0 saturated heterocycles. The number of carbonyl (C=O) groups is 1. The van der Waals surface area contributed by atoms with E-state index in [1.807, 2.05) is 20.8 Å². The number of hydrogen-bond donors (Lipinski definition) is 2. The third-order valence-electron chi connectivity index (χ3n) is 3.61. The second kappa shape index (κ2) is 10.1. The third-order valence-corrected chi connectivity index (χ3v) is 4.26. The fraction of sp³-hybridized carbons (Fsp3) is 0.882. The molecule has 0 fully saturated rings. The summed E-state index contributed by atoms with van der Waals surface area (Å²) in [5, 5.41) is 10.5. The SMILES string of the molecule is CCOC(OCC)(N(ONOC(C)(C)C(=O)O)C(C)(C)C)C(C)(C)C#P=O. The van der Waals surface area contributed by atoms with Gasteiger partial charge in [0.1, 0.15) is 0 Å². The Morgan fingerprint density at radius 3 is 1.89 bits per heavy atom. The number of nitrogens with one attached hydrogen (secondary N) is 1. The van der Waals surface area contributed by atoms with Crippen LogP contribution in [0, 0.1) is 11.0 Å². The molecule has 27 heavy (non-hydrogen) atoms. The summed E-state index contributed by atoms with van der Waals surface area (Å²) in [6, 6.07) is 0. The van der Waals surface area contributed by atoms with Crippen LogP contribution in [-0.4, -0.2) is 46.4 Å². The van der Waals surface area contributed by atoms with Crippen molar-refractivity contribution in [3.63, 3.8) is 0 Å². The summed E-state index contributed by atoms with van der Waals surface area (Å²) in [5.74, 6) is -2.70. The first kappa shape index (κ1) is 26.2. The summed E-state index contributed by atoms with van der Waals surface area (Å²) in [6.45, 7) is 15.9. The molecule has 0 aliphatic carbocycles. The summed E-state index contributed by atoms with van der Waals surface area (Å²) in [7, 11) is -0.319. The Labute approximate surface area is 162 Å². The molecule has 0 saturated carbocycles. The van der Waals surface area contributed by atoms with Crippen molar-refractivity contribution in [1.82, 2.24) is 10.7 Å². The van der Waals surface area contributed by atoms with Crippen molar-refractivity contribution in [2.45, 2.75) is 79.4 Å². The minimum absolute atomic E-state index is 0.262. The molecule has 0 aliphatic heterocycles. The standard InChI is InChI=1S/C17H33N2O7P/c1-10-23-17(24-11-2,15(6,7)12-27-22)19(14(3,4)5)26-18-25-16(8,9)13(20)21/h18H,10-11H2,1-9H3,(H,20,21). The van der Waals surface area contributed by atoms with Crippen LogP contribution in [0.3, 0.4) is 0 Å². The first-order valence-corrected chi connectivity index (χ1v) is 9.54. The van der Waals surface area contributed by atoms with Gasteiger partial charge in [-0.05, 0) is 0 Å². The molecule has 0 heterocycles. The molecule has 2 N–H and O–H groups in total. The van der Waals surface area contributed by atoms with Gasteiger partial charge in [0, 0.05) is 0 Å². The molecule has 0 aromatic rings. The van der Waals surface area contributed by atoms with Gasteiger partial charge < -0.3 is 0 Å². The number of nitrogens with zero attached hydrogens (tertiary/aromatic N) is 1. The van der Waals surface area contributed by atoms with E-state index in [1.54, 1.807) is 27.7 Å². The quantitative estimate of drug-likeness (QED) is 0.302. The number of rotatable bonds is 11. The van der Waals surface area contributed by atoms with E-state index in [1.165, 1.54) is 18.9 Å². The van der Waals surface area contributed by atoms with Gasteiger partial charge in [0.2, 0.25) is 0 Å². The van der Waals surface area contributed by atoms with Gasteiger partial charge in [-0.1, -0.05) is 0 Å². The third kappa shape index (κ3) is 6.66. The van der Waals surface area contributed by atoms with Crippen LogP contribution in [0.5, 0.6) is 0 Å². The number of ether oxygens (including phenoxy) is 2. The van der Waals surface area contributed by atoms with Crippen LogP contribution >= 0.6 is 7.92 Å². The van der Waals surface area contributed by atoms with Crippen molar-refractivity contribution in [3.05, 3.63) is 0 Å². The van der Waals surface area contributed by atoms with Gasteiger partial charge in [-0.25, -0.2) is 0 Å². The zero-order valence-electron chi connectivity index (χ0n) is 17.7. The van der Waals surface area contributed by atoms with Crippen LogP contribution in [-0.2, 0) is 28.6 Å². The molecule has 0 unspecified atom stereocenters. The molecule has 9 nitrogen and oxygen atoms in total. The van der Waals surface area contributed by atoms with E-state index in [0.29, 0.717) is 0 Å². The summed E-state index contributed by atoms with van der Waals surface area (Å²) < 4.78 is 23.2. The molecule has 0 radical (unpaired) electrons. The predicted molar refractivity (Wildman–Crippen MR) is 99.9 cm³/mol. The van der Waals surface area contributed by atoms with Gasteiger partial charge in [-0.2, -0.15) is 0 Å². The van der Waals surface area contributed by atoms with Gasteiger partial charge in [0.05, 0.1) is 0 Å². The van der Waals surface area contributed by atoms with E-state index in [9.17, 15) is 9.36 Å². The summed E-state index contributed by atoms with van der Waals surface area (Å²) in [4.78, 5) is 21.9. The number of hydroxylamine groups is 2. The summed E-state index contributed by atoms with van der Waals surface area (Å²) in [6.07, 6.45) is 0. The molecule has 10 heteroatoms. The van der Waals surface area contributed by atoms with E-state index < -0.39 is 28.4 Å². The number of hydrogen-bond acceptors (Lipinski definition) is 8. The first-order valence-electron chi connectivity index (χ1n) is 8.73. The van der Waals surface area contributed by atoms with E-state index >= 15 is 0 Å². The van der Waals surface area contributed by atoms with E-state index in [0.717, 1.165) is 0 Å². The monoisotopic (exact) mass is 408 g/mol. The van der Waals surface area contributed by atoms with Gasteiger partial charge in [-0.3, -0.25) is 0 Å². The maximum atomic E-state index is 11.3. The molecule has 158 valence electrons. The van der Waals surface area contributed by atoms with Gasteiger partial charge in [-0.15, -0.1) is 0 Å². The van der Waals surface area contributed by atoms with Gasteiger partial charge in [0.15, 0.2) is 0 Å². The molecule has 0 amide bonds. The van der Waals surface area contributed by atoms with Gasteiger partial charge >= 0.3 is 162 Å². The molecule has 0 rings (SSSR count). The normalized spacial score (nSPS) is 13.6. The molecule has 0 spiro atoms. The first-order chi connectivity index (χ1) is 12.2. The summed E-state index contributed by atoms with van der Waals surface area (Å²) >= 11 is 0. The Bertz CT molecular complexity index is 590. The molecule has 0 aromatic carbocycles. The predicted octanol–water partition coefficient (Wildman–Crippen LogP) is 3.32. The van der Waals surface area contributed by atoms with Crippen LogP contribution in [0.15, 0.2) is 0 Å². The number of carboxylic acids is 1. The van der Waals surface area contributed by atoms with Crippen LogP contribution in [0.25, 0.3) is 0 Å². The number of carboxylic acid groups (broad SMARTS) is 1. The van der Waals surface area contributed by atoms with Crippen LogP contribution < -0.4 is 5.64 Å². The maximum absolute atomic E-state index is 11.3. The molecular weight excluding hydrogens is 375 g/mol. The Morgan fingerprint density at radius 1 is 1.07 bits per heavy atom. The Kier molecular flexibility index (Phi) is 9.86. The van der Waals surface area contributed by atoms with Crippen LogP contribution in [0.2, 0.25) is 0 Å². The topological polar surface area (TPSA) is 107 Å². The van der Waals surface area contributed by atoms with E-state index in [2.05, 4.69) is 11.3 Å². The van der Waals surface area contributed by atoms with E-state index in [-0.39, 0.29) is 21.1 Å². The van der Waals surface area contributed by atoms with Gasteiger partial charge in [0.25, 0.3) is 0 Å². The minimum atomic E-state index is -1.54. The zero-order valence-corrected chi connectivity index (χ0v) is 18.6. The molecule has 0 atom stereocenters. The second-order valence-electron chi connectivity index (χ2n) is 7.83. The Balaban J connectivity index is 6.06. The molecule has 0 aromatic heterocycles. The zero-order chi connectivity index (χ0) is 21.5. The van der Waals surface area contributed by atoms with Crippen LogP contribution in [0.4, 0.5) is 0 Å². The average molecular weight is 408 g/mol. The van der Waals surface area contributed by atoms with E-state index in [4.69, 9.17) is 24.4 Å². The summed E-state index contributed by atoms with van der Waals surface area (Å²) in [5.41, 5.74) is 1.77. The Hall–Kier alpha value is -0.760. The fourth-order valence-corrected chi connectivity index (χ4v) is 2.56. The molecule has 0 bridgehead atoms. The second-order valence-corrected chi connectivity index (χ2v) is 8.24. The molecule has 0 aliphatic rings. The average Bonchev–Trinajstić information content (AvgIpc) is 2.49. The van der Waals surface area contributed by atoms with Crippen LogP contribution in [0.1, 0.15) is 62.3 Å². The van der Waals surface area contributed by atoms with Crippen molar-refractivity contribution in [1.29, 1.82) is 0 Å². The van der Waals surface area contributed by atoms with Crippen molar-refractivity contribution < 1.29 is 33.7 Å². The fourth-order valence-electron chi connectivity index (χ4n) is 2.19. The molecular formula is C17H33N2O7P. The van der Waals surface area contributed by atoms with Crippen molar-refractivity contribution in [2.75, 3.05) is 13.2 Å². The van der Waals surface area contributed by atoms with Crippen molar-refractivity contribution in [3.8, 4) is 5.63 Å². The number of aliphatic carboxylic acids is 1.